The summed E-state index contributed by atoms with van der Waals surface area (Å²) in [6, 6.07) is 3.93. The number of ether oxygens (including phenoxy) is 1. The van der Waals surface area contributed by atoms with Crippen LogP contribution < -0.4 is 4.90 Å². The number of hydrogen-bond acceptors (Lipinski definition) is 5. The Bertz CT molecular complexity index is 742. The second kappa shape index (κ2) is 5.70. The van der Waals surface area contributed by atoms with Gasteiger partial charge in [0.2, 0.25) is 0 Å². The van der Waals surface area contributed by atoms with E-state index in [1.165, 1.54) is 23.2 Å². The maximum atomic E-state index is 13.8. The van der Waals surface area contributed by atoms with Crippen molar-refractivity contribution in [2.45, 2.75) is 12.6 Å². The van der Waals surface area contributed by atoms with Gasteiger partial charge in [-0.1, -0.05) is 10.3 Å². The van der Waals surface area contributed by atoms with Gasteiger partial charge in [-0.3, -0.25) is 4.90 Å². The number of carbonyl (C=O) groups is 1. The van der Waals surface area contributed by atoms with Crippen molar-refractivity contribution < 1.29 is 13.9 Å². The number of anilines is 1. The van der Waals surface area contributed by atoms with Crippen molar-refractivity contribution in [2.75, 3.05) is 11.4 Å². The van der Waals surface area contributed by atoms with Gasteiger partial charge in [0.15, 0.2) is 0 Å². The number of carbonyl (C=O) groups excluding carboxylic acids is 1. The van der Waals surface area contributed by atoms with Crippen molar-refractivity contribution in [1.29, 1.82) is 0 Å². The number of halogens is 1. The summed E-state index contributed by atoms with van der Waals surface area (Å²) in [4.78, 5) is 15.7. The summed E-state index contributed by atoms with van der Waals surface area (Å²) in [6.45, 7) is 0.626. The van der Waals surface area contributed by atoms with Crippen LogP contribution in [0, 0.1) is 5.82 Å². The number of hydrogen-bond donors (Lipinski definition) is 0. The Kier molecular flexibility index (Phi) is 3.58. The molecule has 0 unspecified atom stereocenters. The Morgan fingerprint density at radius 3 is 3.09 bits per heavy atom. The fourth-order valence-corrected chi connectivity index (χ4v) is 2.16. The number of cyclic esters (lactones) is 1. The van der Waals surface area contributed by atoms with E-state index < -0.39 is 18.0 Å². The van der Waals surface area contributed by atoms with Crippen LogP contribution in [0.2, 0.25) is 0 Å². The van der Waals surface area contributed by atoms with E-state index in [4.69, 9.17) is 10.3 Å². The summed E-state index contributed by atoms with van der Waals surface area (Å²) in [7, 11) is 0. The van der Waals surface area contributed by atoms with Crippen LogP contribution in [0.5, 0.6) is 0 Å². The van der Waals surface area contributed by atoms with E-state index in [2.05, 4.69) is 20.3 Å². The summed E-state index contributed by atoms with van der Waals surface area (Å²) in [5.41, 5.74) is 8.52. The molecule has 2 aromatic rings. The maximum absolute atomic E-state index is 13.8. The molecule has 0 aliphatic carbocycles. The molecule has 0 N–H and O–H groups in total. The van der Waals surface area contributed by atoms with Crippen molar-refractivity contribution in [3.8, 4) is 0 Å². The van der Waals surface area contributed by atoms with Gasteiger partial charge in [-0.15, -0.1) is 5.10 Å². The van der Waals surface area contributed by atoms with Crippen molar-refractivity contribution in [1.82, 2.24) is 15.0 Å². The molecule has 1 atom stereocenters. The molecular formula is C12H10FN7O2. The van der Waals surface area contributed by atoms with Crippen LogP contribution in [0.3, 0.4) is 0 Å². The summed E-state index contributed by atoms with van der Waals surface area (Å²) < 4.78 is 20.5. The van der Waals surface area contributed by atoms with Crippen molar-refractivity contribution in [3.63, 3.8) is 0 Å². The Labute approximate surface area is 123 Å². The van der Waals surface area contributed by atoms with Crippen LogP contribution >= 0.6 is 0 Å². The van der Waals surface area contributed by atoms with E-state index >= 15 is 0 Å². The van der Waals surface area contributed by atoms with Gasteiger partial charge >= 0.3 is 6.09 Å². The fraction of sp³-hybridized carbons (Fsp3) is 0.250. The molecule has 1 aliphatic heterocycles. The minimum absolute atomic E-state index is 0.127. The number of aromatic nitrogens is 3. The first-order chi connectivity index (χ1) is 10.7. The topological polar surface area (TPSA) is 109 Å². The first-order valence-electron chi connectivity index (χ1n) is 6.34. The standard InChI is InChI=1S/C12H10FN7O2/c13-10-5-8(1-2-11(10)16-17-14)20-7-9(22-12(20)21)6-19-4-3-15-18-19/h1-5,9H,6-7H2/t9-/m0/s1. The molecule has 2 heterocycles. The SMILES string of the molecule is [N-]=[N+]=Nc1ccc(N2C[C@H](Cn3ccnn3)OC2=O)cc1F. The van der Waals surface area contributed by atoms with Crippen LogP contribution in [-0.4, -0.2) is 33.7 Å². The van der Waals surface area contributed by atoms with E-state index in [0.717, 1.165) is 6.07 Å². The summed E-state index contributed by atoms with van der Waals surface area (Å²) in [5.74, 6) is -0.706. The smallest absolute Gasteiger partial charge is 0.414 e. The number of rotatable bonds is 4. The van der Waals surface area contributed by atoms with E-state index in [1.54, 1.807) is 10.9 Å². The van der Waals surface area contributed by atoms with Crippen LogP contribution in [0.15, 0.2) is 35.7 Å². The van der Waals surface area contributed by atoms with Gasteiger partial charge in [0.1, 0.15) is 11.9 Å². The third-order valence-corrected chi connectivity index (χ3v) is 3.13. The third-order valence-electron chi connectivity index (χ3n) is 3.13. The highest BCUT2D eigenvalue weighted by atomic mass is 19.1. The second-order valence-corrected chi connectivity index (χ2v) is 4.57. The minimum Gasteiger partial charge on any atom is -0.442 e. The molecular weight excluding hydrogens is 293 g/mol. The number of azide groups is 1. The number of nitrogens with zero attached hydrogens (tertiary/aromatic N) is 7. The lowest BCUT2D eigenvalue weighted by Gasteiger charge is -2.13. The molecule has 1 aliphatic rings. The Morgan fingerprint density at radius 1 is 1.55 bits per heavy atom. The normalized spacial score (nSPS) is 17.2. The zero-order valence-corrected chi connectivity index (χ0v) is 11.2. The molecule has 22 heavy (non-hydrogen) atoms. The molecule has 9 nitrogen and oxygen atoms in total. The highest BCUT2D eigenvalue weighted by molar-refractivity contribution is 5.89. The van der Waals surface area contributed by atoms with E-state index in [1.807, 2.05) is 0 Å². The number of amides is 1. The van der Waals surface area contributed by atoms with Gasteiger partial charge in [-0.2, -0.15) is 0 Å². The quantitative estimate of drug-likeness (QED) is 0.490. The van der Waals surface area contributed by atoms with Crippen molar-refractivity contribution in [3.05, 3.63) is 46.9 Å². The predicted molar refractivity (Wildman–Crippen MR) is 72.8 cm³/mol. The Hall–Kier alpha value is -3.13. The van der Waals surface area contributed by atoms with Gasteiger partial charge in [-0.05, 0) is 23.7 Å². The molecule has 3 rings (SSSR count). The van der Waals surface area contributed by atoms with E-state index in [0.29, 0.717) is 12.2 Å². The van der Waals surface area contributed by atoms with Gasteiger partial charge in [-0.25, -0.2) is 13.9 Å². The molecule has 0 bridgehead atoms. The highest BCUT2D eigenvalue weighted by Gasteiger charge is 2.33. The van der Waals surface area contributed by atoms with E-state index in [-0.39, 0.29) is 12.2 Å². The van der Waals surface area contributed by atoms with Crippen LogP contribution in [-0.2, 0) is 11.3 Å². The van der Waals surface area contributed by atoms with Crippen LogP contribution in [0.1, 0.15) is 0 Å². The summed E-state index contributed by atoms with van der Waals surface area (Å²) >= 11 is 0. The Morgan fingerprint density at radius 2 is 2.41 bits per heavy atom. The molecule has 1 fully saturated rings. The number of benzene rings is 1. The van der Waals surface area contributed by atoms with Crippen molar-refractivity contribution in [2.24, 2.45) is 5.11 Å². The van der Waals surface area contributed by atoms with Crippen LogP contribution in [0.25, 0.3) is 10.4 Å². The van der Waals surface area contributed by atoms with Crippen molar-refractivity contribution >= 4 is 17.5 Å². The molecule has 1 saturated heterocycles. The van der Waals surface area contributed by atoms with Gasteiger partial charge in [0, 0.05) is 11.1 Å². The molecule has 10 heteroatoms. The largest absolute Gasteiger partial charge is 0.442 e. The third kappa shape index (κ3) is 2.67. The first-order valence-corrected chi connectivity index (χ1v) is 6.34. The summed E-state index contributed by atoms with van der Waals surface area (Å²) in [6.07, 6.45) is 2.21. The predicted octanol–water partition coefficient (Wildman–Crippen LogP) is 2.38. The lowest BCUT2D eigenvalue weighted by molar-refractivity contribution is 0.129. The van der Waals surface area contributed by atoms with Crippen LogP contribution in [0.4, 0.5) is 20.6 Å². The first kappa shape index (κ1) is 13.8. The van der Waals surface area contributed by atoms with E-state index in [9.17, 15) is 9.18 Å². The zero-order valence-electron chi connectivity index (χ0n) is 11.2. The van der Waals surface area contributed by atoms with Gasteiger partial charge in [0.25, 0.3) is 0 Å². The second-order valence-electron chi connectivity index (χ2n) is 4.57. The molecule has 1 aromatic heterocycles. The average Bonchev–Trinajstić information content (AvgIpc) is 3.12. The minimum atomic E-state index is -0.706. The monoisotopic (exact) mass is 303 g/mol. The molecule has 1 amide bonds. The molecule has 1 aromatic carbocycles. The molecule has 0 radical (unpaired) electrons. The molecule has 0 saturated carbocycles. The lowest BCUT2D eigenvalue weighted by atomic mass is 10.2. The lowest BCUT2D eigenvalue weighted by Crippen LogP contribution is -2.26. The molecule has 0 spiro atoms. The highest BCUT2D eigenvalue weighted by Crippen LogP contribution is 2.27. The fourth-order valence-electron chi connectivity index (χ4n) is 2.16. The molecule has 112 valence electrons. The zero-order chi connectivity index (χ0) is 15.5. The van der Waals surface area contributed by atoms with Gasteiger partial charge in [0.05, 0.1) is 30.7 Å². The maximum Gasteiger partial charge on any atom is 0.414 e. The summed E-state index contributed by atoms with van der Waals surface area (Å²) in [5, 5.41) is 10.7. The van der Waals surface area contributed by atoms with Gasteiger partial charge < -0.3 is 4.74 Å². The average molecular weight is 303 g/mol. The Balaban J connectivity index is 1.76.